The summed E-state index contributed by atoms with van der Waals surface area (Å²) in [5, 5.41) is 3.47. The Kier molecular flexibility index (Phi) is 1.85. The average Bonchev–Trinajstić information content (AvgIpc) is 2.44. The lowest BCUT2D eigenvalue weighted by Crippen LogP contribution is -2.13. The summed E-state index contributed by atoms with van der Waals surface area (Å²) in [5.41, 5.74) is 3.52. The molecule has 0 amide bonds. The molecule has 0 saturated heterocycles. The predicted octanol–water partition coefficient (Wildman–Crippen LogP) is 2.76. The molecule has 0 fully saturated rings. The van der Waals surface area contributed by atoms with Crippen molar-refractivity contribution in [3.05, 3.63) is 23.0 Å². The molecule has 4 heteroatoms. The van der Waals surface area contributed by atoms with Gasteiger partial charge in [-0.3, -0.25) is 0 Å². The SMILES string of the molecule is CC1CNc2cccc3[nH]c(=S)n(c23)C1. The number of para-hydroxylation sites is 1. The molecule has 2 aromatic rings. The molecule has 0 saturated carbocycles. The normalized spacial score (nSPS) is 19.9. The van der Waals surface area contributed by atoms with Crippen LogP contribution in [0.5, 0.6) is 0 Å². The van der Waals surface area contributed by atoms with Crippen molar-refractivity contribution in [1.82, 2.24) is 9.55 Å². The van der Waals surface area contributed by atoms with E-state index in [2.05, 4.69) is 40.0 Å². The van der Waals surface area contributed by atoms with E-state index in [0.717, 1.165) is 23.4 Å². The van der Waals surface area contributed by atoms with Crippen LogP contribution in [0.15, 0.2) is 18.2 Å². The molecular weight excluding hydrogens is 206 g/mol. The quantitative estimate of drug-likeness (QED) is 0.668. The van der Waals surface area contributed by atoms with Crippen LogP contribution in [-0.4, -0.2) is 16.1 Å². The third-order valence-electron chi connectivity index (χ3n) is 2.93. The Labute approximate surface area is 93.1 Å². The molecule has 2 N–H and O–H groups in total. The van der Waals surface area contributed by atoms with Crippen LogP contribution in [0.1, 0.15) is 6.92 Å². The largest absolute Gasteiger partial charge is 0.383 e. The summed E-state index contributed by atoms with van der Waals surface area (Å²) in [6.45, 7) is 4.23. The van der Waals surface area contributed by atoms with Gasteiger partial charge < -0.3 is 14.9 Å². The van der Waals surface area contributed by atoms with Crippen molar-refractivity contribution in [1.29, 1.82) is 0 Å². The highest BCUT2D eigenvalue weighted by molar-refractivity contribution is 7.71. The second-order valence-electron chi connectivity index (χ2n) is 4.23. The van der Waals surface area contributed by atoms with Crippen molar-refractivity contribution in [2.45, 2.75) is 13.5 Å². The number of imidazole rings is 1. The second kappa shape index (κ2) is 3.10. The lowest BCUT2D eigenvalue weighted by molar-refractivity contribution is 0.516. The van der Waals surface area contributed by atoms with E-state index >= 15 is 0 Å². The van der Waals surface area contributed by atoms with Crippen molar-refractivity contribution in [3.8, 4) is 0 Å². The smallest absolute Gasteiger partial charge is 0.178 e. The molecule has 3 nitrogen and oxygen atoms in total. The van der Waals surface area contributed by atoms with Crippen LogP contribution < -0.4 is 5.32 Å². The first-order chi connectivity index (χ1) is 7.25. The summed E-state index contributed by atoms with van der Waals surface area (Å²) in [7, 11) is 0. The molecule has 1 aliphatic rings. The lowest BCUT2D eigenvalue weighted by Gasteiger charge is -2.08. The van der Waals surface area contributed by atoms with Gasteiger partial charge in [-0.25, -0.2) is 0 Å². The summed E-state index contributed by atoms with van der Waals surface area (Å²) in [6, 6.07) is 6.23. The van der Waals surface area contributed by atoms with Crippen molar-refractivity contribution >= 4 is 28.9 Å². The zero-order chi connectivity index (χ0) is 10.4. The number of benzene rings is 1. The highest BCUT2D eigenvalue weighted by atomic mass is 32.1. The zero-order valence-electron chi connectivity index (χ0n) is 8.58. The molecule has 2 heterocycles. The van der Waals surface area contributed by atoms with Gasteiger partial charge in [-0.15, -0.1) is 0 Å². The van der Waals surface area contributed by atoms with Crippen molar-refractivity contribution in [3.63, 3.8) is 0 Å². The topological polar surface area (TPSA) is 32.8 Å². The van der Waals surface area contributed by atoms with Gasteiger partial charge in [0.25, 0.3) is 0 Å². The molecule has 1 aromatic carbocycles. The number of hydrogen-bond donors (Lipinski definition) is 2. The molecule has 15 heavy (non-hydrogen) atoms. The van der Waals surface area contributed by atoms with Crippen molar-refractivity contribution in [2.75, 3.05) is 11.9 Å². The van der Waals surface area contributed by atoms with Crippen molar-refractivity contribution < 1.29 is 0 Å². The van der Waals surface area contributed by atoms with Crippen LogP contribution in [0.3, 0.4) is 0 Å². The first kappa shape index (κ1) is 8.97. The Hall–Kier alpha value is -1.29. The Balaban J connectivity index is 2.40. The fourth-order valence-corrected chi connectivity index (χ4v) is 2.47. The number of aromatic nitrogens is 2. The van der Waals surface area contributed by atoms with E-state index in [9.17, 15) is 0 Å². The van der Waals surface area contributed by atoms with Crippen LogP contribution in [0.2, 0.25) is 0 Å². The van der Waals surface area contributed by atoms with Crippen LogP contribution in [0.25, 0.3) is 11.0 Å². The molecule has 0 aliphatic carbocycles. The van der Waals surface area contributed by atoms with Gasteiger partial charge in [-0.1, -0.05) is 13.0 Å². The summed E-state index contributed by atoms with van der Waals surface area (Å²) in [5.74, 6) is 0.600. The molecule has 1 aliphatic heterocycles. The fraction of sp³-hybridized carbons (Fsp3) is 0.364. The van der Waals surface area contributed by atoms with Gasteiger partial charge in [0.05, 0.1) is 16.7 Å². The minimum absolute atomic E-state index is 0.600. The maximum atomic E-state index is 5.34. The molecule has 78 valence electrons. The van der Waals surface area contributed by atoms with Crippen LogP contribution >= 0.6 is 12.2 Å². The van der Waals surface area contributed by atoms with E-state index < -0.39 is 0 Å². The first-order valence-corrected chi connectivity index (χ1v) is 5.62. The monoisotopic (exact) mass is 219 g/mol. The van der Waals surface area contributed by atoms with Gasteiger partial charge in [0, 0.05) is 13.1 Å². The number of rotatable bonds is 0. The van der Waals surface area contributed by atoms with Crippen LogP contribution in [-0.2, 0) is 6.54 Å². The molecular formula is C11H13N3S. The lowest BCUT2D eigenvalue weighted by atomic mass is 10.2. The number of aromatic amines is 1. The molecule has 0 radical (unpaired) electrons. The highest BCUT2D eigenvalue weighted by Gasteiger charge is 2.15. The molecule has 1 aromatic heterocycles. The number of nitrogens with one attached hydrogen (secondary N) is 2. The minimum atomic E-state index is 0.600. The van der Waals surface area contributed by atoms with Gasteiger partial charge in [0.2, 0.25) is 0 Å². The van der Waals surface area contributed by atoms with Crippen molar-refractivity contribution in [2.24, 2.45) is 5.92 Å². The maximum absolute atomic E-state index is 5.34. The highest BCUT2D eigenvalue weighted by Crippen LogP contribution is 2.26. The fourth-order valence-electron chi connectivity index (χ4n) is 2.20. The molecule has 1 atom stereocenters. The van der Waals surface area contributed by atoms with Gasteiger partial charge in [-0.05, 0) is 30.3 Å². The molecule has 0 bridgehead atoms. The number of nitrogens with zero attached hydrogens (tertiary/aromatic N) is 1. The van der Waals surface area contributed by atoms with Crippen LogP contribution in [0.4, 0.5) is 5.69 Å². The summed E-state index contributed by atoms with van der Waals surface area (Å²) in [4.78, 5) is 3.24. The Morgan fingerprint density at radius 2 is 2.33 bits per heavy atom. The third kappa shape index (κ3) is 1.28. The molecule has 1 unspecified atom stereocenters. The first-order valence-electron chi connectivity index (χ1n) is 5.21. The zero-order valence-corrected chi connectivity index (χ0v) is 9.40. The van der Waals surface area contributed by atoms with E-state index in [1.54, 1.807) is 0 Å². The van der Waals surface area contributed by atoms with E-state index in [0.29, 0.717) is 5.92 Å². The van der Waals surface area contributed by atoms with Gasteiger partial charge >= 0.3 is 0 Å². The molecule has 0 spiro atoms. The van der Waals surface area contributed by atoms with Gasteiger partial charge in [0.1, 0.15) is 0 Å². The average molecular weight is 219 g/mol. The van der Waals surface area contributed by atoms with E-state index in [-0.39, 0.29) is 0 Å². The van der Waals surface area contributed by atoms with E-state index in [1.807, 2.05) is 0 Å². The van der Waals surface area contributed by atoms with E-state index in [1.165, 1.54) is 11.2 Å². The summed E-state index contributed by atoms with van der Waals surface area (Å²) >= 11 is 5.34. The number of anilines is 1. The maximum Gasteiger partial charge on any atom is 0.178 e. The predicted molar refractivity (Wildman–Crippen MR) is 64.8 cm³/mol. The number of hydrogen-bond acceptors (Lipinski definition) is 2. The Morgan fingerprint density at radius 3 is 3.20 bits per heavy atom. The van der Waals surface area contributed by atoms with Gasteiger partial charge in [-0.2, -0.15) is 0 Å². The third-order valence-corrected chi connectivity index (χ3v) is 3.25. The summed E-state index contributed by atoms with van der Waals surface area (Å²) < 4.78 is 3.03. The van der Waals surface area contributed by atoms with Gasteiger partial charge in [0.15, 0.2) is 4.77 Å². The second-order valence-corrected chi connectivity index (χ2v) is 4.62. The minimum Gasteiger partial charge on any atom is -0.383 e. The number of H-pyrrole nitrogens is 1. The van der Waals surface area contributed by atoms with Crippen LogP contribution in [0, 0.1) is 10.7 Å². The summed E-state index contributed by atoms with van der Waals surface area (Å²) in [6.07, 6.45) is 0. The van der Waals surface area contributed by atoms with E-state index in [4.69, 9.17) is 12.2 Å². The Bertz CT molecular complexity index is 567. The Morgan fingerprint density at radius 1 is 1.47 bits per heavy atom. The standard InChI is InChI=1S/C11H13N3S/c1-7-5-12-8-3-2-4-9-10(8)14(6-7)11(15)13-9/h2-4,7,12H,5-6H2,1H3,(H,13,15). The molecule has 3 rings (SSSR count).